The number of rotatable bonds is 6. The Kier molecular flexibility index (Phi) is 5.71. The monoisotopic (exact) mass is 466 g/mol. The molecule has 1 N–H and O–H groups in total. The van der Waals surface area contributed by atoms with Gasteiger partial charge in [-0.2, -0.15) is 10.1 Å². The number of halogens is 1. The van der Waals surface area contributed by atoms with Gasteiger partial charge in [-0.1, -0.05) is 19.0 Å². The maximum atomic E-state index is 12.8. The molecular weight excluding hydrogens is 448 g/mol. The summed E-state index contributed by atoms with van der Waals surface area (Å²) in [6.45, 7) is 3.97. The van der Waals surface area contributed by atoms with Crippen molar-refractivity contribution in [2.45, 2.75) is 19.9 Å². The molecule has 0 aliphatic carbocycles. The van der Waals surface area contributed by atoms with E-state index >= 15 is 0 Å². The Hall–Kier alpha value is -3.33. The van der Waals surface area contributed by atoms with Crippen LogP contribution < -0.4 is 5.32 Å². The third-order valence-electron chi connectivity index (χ3n) is 4.54. The van der Waals surface area contributed by atoms with Crippen molar-refractivity contribution in [1.29, 1.82) is 0 Å². The van der Waals surface area contributed by atoms with Crippen LogP contribution >= 0.6 is 15.9 Å². The van der Waals surface area contributed by atoms with Gasteiger partial charge < -0.3 is 9.84 Å². The second-order valence-electron chi connectivity index (χ2n) is 7.04. The fourth-order valence-corrected chi connectivity index (χ4v) is 3.21. The molecule has 0 radical (unpaired) electrons. The van der Waals surface area contributed by atoms with Crippen LogP contribution in [0, 0.1) is 5.92 Å². The number of hydrogen-bond acceptors (Lipinski definition) is 6. The van der Waals surface area contributed by atoms with Crippen molar-refractivity contribution in [2.24, 2.45) is 5.92 Å². The number of amides is 1. The molecule has 0 saturated carbocycles. The molecule has 4 aromatic rings. The molecule has 3 aromatic heterocycles. The van der Waals surface area contributed by atoms with E-state index < -0.39 is 6.04 Å². The van der Waals surface area contributed by atoms with E-state index in [1.807, 2.05) is 32.2 Å². The van der Waals surface area contributed by atoms with Gasteiger partial charge in [0.15, 0.2) is 0 Å². The summed E-state index contributed by atoms with van der Waals surface area (Å²) < 4.78 is 8.05. The summed E-state index contributed by atoms with van der Waals surface area (Å²) in [6, 6.07) is 10.4. The molecular formula is C21H19BrN6O2. The average molecular weight is 467 g/mol. The van der Waals surface area contributed by atoms with Crippen molar-refractivity contribution in [3.63, 3.8) is 0 Å². The Bertz CT molecular complexity index is 1140. The fourth-order valence-electron chi connectivity index (χ4n) is 2.93. The fraction of sp³-hybridized carbons (Fsp3) is 0.190. The van der Waals surface area contributed by atoms with E-state index in [1.165, 1.54) is 0 Å². The zero-order chi connectivity index (χ0) is 21.1. The molecule has 1 unspecified atom stereocenters. The van der Waals surface area contributed by atoms with Gasteiger partial charge in [0.2, 0.25) is 11.7 Å². The quantitative estimate of drug-likeness (QED) is 0.456. The Morgan fingerprint density at radius 3 is 2.50 bits per heavy atom. The maximum Gasteiger partial charge on any atom is 0.251 e. The van der Waals surface area contributed by atoms with E-state index in [-0.39, 0.29) is 11.8 Å². The van der Waals surface area contributed by atoms with Gasteiger partial charge in [-0.3, -0.25) is 9.78 Å². The Morgan fingerprint density at radius 1 is 1.13 bits per heavy atom. The van der Waals surface area contributed by atoms with Crippen LogP contribution in [0.2, 0.25) is 0 Å². The highest BCUT2D eigenvalue weighted by atomic mass is 79.9. The van der Waals surface area contributed by atoms with E-state index in [0.717, 1.165) is 15.7 Å². The van der Waals surface area contributed by atoms with Crippen molar-refractivity contribution < 1.29 is 9.32 Å². The van der Waals surface area contributed by atoms with Gasteiger partial charge in [0.1, 0.15) is 6.04 Å². The van der Waals surface area contributed by atoms with Crippen LogP contribution in [0.5, 0.6) is 0 Å². The maximum absolute atomic E-state index is 12.8. The Balaban J connectivity index is 1.51. The van der Waals surface area contributed by atoms with Gasteiger partial charge in [-0.15, -0.1) is 0 Å². The molecule has 3 heterocycles. The number of carbonyl (C=O) groups excluding carboxylic acids is 1. The molecule has 0 spiro atoms. The third kappa shape index (κ3) is 4.30. The van der Waals surface area contributed by atoms with Gasteiger partial charge in [-0.25, -0.2) is 4.68 Å². The molecule has 1 atom stereocenters. The number of pyridine rings is 1. The van der Waals surface area contributed by atoms with Crippen LogP contribution in [0.1, 0.15) is 36.1 Å². The lowest BCUT2D eigenvalue weighted by molar-refractivity contribution is 0.0914. The van der Waals surface area contributed by atoms with Gasteiger partial charge in [-0.05, 0) is 58.2 Å². The molecule has 9 heteroatoms. The number of nitrogens with one attached hydrogen (secondary N) is 1. The molecule has 4 rings (SSSR count). The molecule has 152 valence electrons. The molecule has 0 saturated heterocycles. The first kappa shape index (κ1) is 20.0. The summed E-state index contributed by atoms with van der Waals surface area (Å²) >= 11 is 3.38. The second-order valence-corrected chi connectivity index (χ2v) is 7.95. The van der Waals surface area contributed by atoms with Crippen molar-refractivity contribution in [3.05, 3.63) is 77.1 Å². The predicted octanol–water partition coefficient (Wildman–Crippen LogP) is 4.21. The summed E-state index contributed by atoms with van der Waals surface area (Å²) in [7, 11) is 0. The molecule has 0 bridgehead atoms. The molecule has 1 amide bonds. The molecule has 0 aliphatic heterocycles. The lowest BCUT2D eigenvalue weighted by Crippen LogP contribution is -2.32. The first-order chi connectivity index (χ1) is 14.5. The van der Waals surface area contributed by atoms with E-state index in [4.69, 9.17) is 4.52 Å². The van der Waals surface area contributed by atoms with Crippen molar-refractivity contribution >= 4 is 21.8 Å². The molecule has 30 heavy (non-hydrogen) atoms. The molecule has 0 aliphatic rings. The first-order valence-corrected chi connectivity index (χ1v) is 10.2. The van der Waals surface area contributed by atoms with Crippen LogP contribution in [0.4, 0.5) is 0 Å². The van der Waals surface area contributed by atoms with E-state index in [0.29, 0.717) is 17.3 Å². The van der Waals surface area contributed by atoms with E-state index in [2.05, 4.69) is 41.5 Å². The molecule has 1 aromatic carbocycles. The minimum atomic E-state index is -0.415. The largest absolute Gasteiger partial charge is 0.340 e. The second kappa shape index (κ2) is 8.58. The van der Waals surface area contributed by atoms with Gasteiger partial charge in [0.25, 0.3) is 5.91 Å². The molecule has 8 nitrogen and oxygen atoms in total. The highest BCUT2D eigenvalue weighted by molar-refractivity contribution is 9.10. The zero-order valence-corrected chi connectivity index (χ0v) is 17.9. The number of benzene rings is 1. The lowest BCUT2D eigenvalue weighted by Gasteiger charge is -2.18. The smallest absolute Gasteiger partial charge is 0.251 e. The van der Waals surface area contributed by atoms with Crippen LogP contribution in [0.3, 0.4) is 0 Å². The lowest BCUT2D eigenvalue weighted by atomic mass is 10.0. The van der Waals surface area contributed by atoms with Crippen LogP contribution in [-0.4, -0.2) is 30.8 Å². The SMILES string of the molecule is CC(C)C(NC(=O)c1ccc(-n2cc(Br)cn2)cc1)c1nc(-c2ccncc2)no1. The van der Waals surface area contributed by atoms with Crippen molar-refractivity contribution in [2.75, 3.05) is 0 Å². The minimum absolute atomic E-state index is 0.0559. The predicted molar refractivity (Wildman–Crippen MR) is 114 cm³/mol. The zero-order valence-electron chi connectivity index (χ0n) is 16.4. The number of hydrogen-bond donors (Lipinski definition) is 1. The van der Waals surface area contributed by atoms with Gasteiger partial charge in [0.05, 0.1) is 16.4 Å². The van der Waals surface area contributed by atoms with Crippen LogP contribution in [-0.2, 0) is 0 Å². The number of aromatic nitrogens is 5. The Morgan fingerprint density at radius 2 is 1.87 bits per heavy atom. The highest BCUT2D eigenvalue weighted by Gasteiger charge is 2.25. The number of nitrogens with zero attached hydrogens (tertiary/aromatic N) is 5. The Labute approximate surface area is 181 Å². The molecule has 0 fully saturated rings. The van der Waals surface area contributed by atoms with Crippen molar-refractivity contribution in [1.82, 2.24) is 30.2 Å². The topological polar surface area (TPSA) is 98.7 Å². The van der Waals surface area contributed by atoms with Crippen molar-refractivity contribution in [3.8, 4) is 17.1 Å². The first-order valence-electron chi connectivity index (χ1n) is 9.37. The van der Waals surface area contributed by atoms with Crippen LogP contribution in [0.25, 0.3) is 17.1 Å². The number of carbonyl (C=O) groups is 1. The normalized spacial score (nSPS) is 12.1. The minimum Gasteiger partial charge on any atom is -0.340 e. The standard InChI is InChI=1S/C21H19BrN6O2/c1-13(2)18(21-26-19(27-30-21)14-7-9-23-10-8-14)25-20(29)15-3-5-17(6-4-15)28-12-16(22)11-24-28/h3-13,18H,1-2H3,(H,25,29). The summed E-state index contributed by atoms with van der Waals surface area (Å²) in [5, 5.41) is 11.3. The average Bonchev–Trinajstić information content (AvgIpc) is 3.42. The van der Waals surface area contributed by atoms with Crippen LogP contribution in [0.15, 0.2) is 70.2 Å². The van der Waals surface area contributed by atoms with E-state index in [1.54, 1.807) is 47.5 Å². The summed E-state index contributed by atoms with van der Waals surface area (Å²) in [5.74, 6) is 0.663. The van der Waals surface area contributed by atoms with Gasteiger partial charge >= 0.3 is 0 Å². The van der Waals surface area contributed by atoms with Gasteiger partial charge in [0, 0.05) is 29.7 Å². The summed E-state index contributed by atoms with van der Waals surface area (Å²) in [5.41, 5.74) is 2.19. The summed E-state index contributed by atoms with van der Waals surface area (Å²) in [6.07, 6.45) is 6.88. The third-order valence-corrected chi connectivity index (χ3v) is 4.95. The highest BCUT2D eigenvalue weighted by Crippen LogP contribution is 2.24. The summed E-state index contributed by atoms with van der Waals surface area (Å²) in [4.78, 5) is 21.3. The van der Waals surface area contributed by atoms with E-state index in [9.17, 15) is 4.79 Å².